The van der Waals surface area contributed by atoms with Gasteiger partial charge < -0.3 is 15.4 Å². The van der Waals surface area contributed by atoms with Crippen LogP contribution in [0.3, 0.4) is 0 Å². The smallest absolute Gasteiger partial charge is 0.426 e. The van der Waals surface area contributed by atoms with Crippen LogP contribution in [-0.4, -0.2) is 36.2 Å². The molecule has 0 aliphatic rings. The summed E-state index contributed by atoms with van der Waals surface area (Å²) in [5, 5.41) is 8.02. The molecule has 0 saturated carbocycles. The lowest BCUT2D eigenvalue weighted by Crippen LogP contribution is -2.47. The van der Waals surface area contributed by atoms with E-state index in [-0.39, 0.29) is 11.8 Å². The third-order valence-electron chi connectivity index (χ3n) is 4.23. The second kappa shape index (κ2) is 13.0. The van der Waals surface area contributed by atoms with Crippen LogP contribution in [0.4, 0.5) is 14.7 Å². The minimum absolute atomic E-state index is 0.114. The minimum atomic E-state index is -0.681. The van der Waals surface area contributed by atoms with Gasteiger partial charge in [0.25, 0.3) is 0 Å². The molecular weight excluding hydrogens is 450 g/mol. The molecule has 2 rings (SSSR count). The molecule has 0 unspecified atom stereocenters. The van der Waals surface area contributed by atoms with Crippen molar-refractivity contribution in [1.29, 1.82) is 0 Å². The summed E-state index contributed by atoms with van der Waals surface area (Å²) in [6.45, 7) is 8.21. The number of thiophene rings is 1. The van der Waals surface area contributed by atoms with Crippen molar-refractivity contribution in [3.63, 3.8) is 0 Å². The van der Waals surface area contributed by atoms with E-state index in [1.807, 2.05) is 19.2 Å². The highest BCUT2D eigenvalue weighted by molar-refractivity contribution is 7.14. The lowest BCUT2D eigenvalue weighted by Gasteiger charge is -2.10. The molecule has 32 heavy (non-hydrogen) atoms. The van der Waals surface area contributed by atoms with Crippen molar-refractivity contribution in [2.45, 2.75) is 53.4 Å². The molecule has 0 bridgehead atoms. The van der Waals surface area contributed by atoms with Crippen LogP contribution in [0.5, 0.6) is 0 Å². The number of hydrogen-bond donors (Lipinski definition) is 4. The predicted octanol–water partition coefficient (Wildman–Crippen LogP) is 3.79. The first-order valence-electron chi connectivity index (χ1n) is 10.5. The summed E-state index contributed by atoms with van der Waals surface area (Å²) in [6, 6.07) is 1.73. The van der Waals surface area contributed by atoms with Gasteiger partial charge in [-0.05, 0) is 50.2 Å². The molecule has 176 valence electrons. The van der Waals surface area contributed by atoms with Crippen molar-refractivity contribution in [3.05, 3.63) is 32.5 Å². The first kappa shape index (κ1) is 25.6. The van der Waals surface area contributed by atoms with E-state index in [2.05, 4.69) is 39.5 Å². The Bertz CT molecular complexity index is 910. The summed E-state index contributed by atoms with van der Waals surface area (Å²) in [5.41, 5.74) is 6.69. The van der Waals surface area contributed by atoms with Gasteiger partial charge in [0, 0.05) is 28.6 Å². The number of rotatable bonds is 10. The van der Waals surface area contributed by atoms with Crippen LogP contribution < -0.4 is 21.5 Å². The van der Waals surface area contributed by atoms with Crippen LogP contribution in [0.2, 0.25) is 0 Å². The maximum absolute atomic E-state index is 11.7. The zero-order valence-electron chi connectivity index (χ0n) is 18.9. The Labute approximate surface area is 196 Å². The number of urea groups is 1. The standard InChI is InChI=1S/C21H31N5O4S2/c1-13(2)11-30-21(29)26-25-19(28)22-9-5-6-18-14(3)10-17(32-18)8-7-16-12-31-20(24-16)23-15(4)27/h10,12-13H,5-9,11H2,1-4H3,(H,26,29)(H2,22,25,28)(H,23,24,27). The number of ether oxygens (including phenoxy) is 1. The number of nitrogens with zero attached hydrogens (tertiary/aromatic N) is 1. The number of aromatic nitrogens is 1. The maximum atomic E-state index is 11.7. The monoisotopic (exact) mass is 481 g/mol. The summed E-state index contributed by atoms with van der Waals surface area (Å²) in [6.07, 6.45) is 2.69. The van der Waals surface area contributed by atoms with Crippen molar-refractivity contribution in [3.8, 4) is 0 Å². The van der Waals surface area contributed by atoms with Crippen molar-refractivity contribution in [1.82, 2.24) is 21.2 Å². The molecule has 4 amide bonds. The molecule has 2 aromatic heterocycles. The molecule has 0 spiro atoms. The van der Waals surface area contributed by atoms with E-state index in [1.54, 1.807) is 11.3 Å². The quantitative estimate of drug-likeness (QED) is 0.304. The minimum Gasteiger partial charge on any atom is -0.448 e. The highest BCUT2D eigenvalue weighted by Gasteiger charge is 2.09. The number of thiazole rings is 1. The van der Waals surface area contributed by atoms with Gasteiger partial charge in [-0.15, -0.1) is 22.7 Å². The molecule has 0 aliphatic heterocycles. The molecular formula is C21H31N5O4S2. The van der Waals surface area contributed by atoms with Crippen molar-refractivity contribution in [2.24, 2.45) is 5.92 Å². The van der Waals surface area contributed by atoms with Gasteiger partial charge in [-0.1, -0.05) is 13.8 Å². The second-order valence-corrected chi connectivity index (χ2v) is 9.83. The van der Waals surface area contributed by atoms with Gasteiger partial charge in [0.2, 0.25) is 5.91 Å². The SMILES string of the molecule is CC(=O)Nc1nc(CCc2cc(C)c(CCCNC(=O)NNC(=O)OCC(C)C)s2)cs1. The van der Waals surface area contributed by atoms with E-state index in [9.17, 15) is 14.4 Å². The number of carbonyl (C=O) groups excluding carboxylic acids is 3. The van der Waals surface area contributed by atoms with Crippen molar-refractivity contribution >= 4 is 45.8 Å². The average molecular weight is 482 g/mol. The van der Waals surface area contributed by atoms with E-state index >= 15 is 0 Å². The third kappa shape index (κ3) is 9.65. The van der Waals surface area contributed by atoms with Crippen LogP contribution in [0.15, 0.2) is 11.4 Å². The fourth-order valence-corrected chi connectivity index (χ4v) is 4.74. The molecule has 0 saturated heterocycles. The largest absolute Gasteiger partial charge is 0.448 e. The molecule has 9 nitrogen and oxygen atoms in total. The summed E-state index contributed by atoms with van der Waals surface area (Å²) in [7, 11) is 0. The lowest BCUT2D eigenvalue weighted by atomic mass is 10.1. The summed E-state index contributed by atoms with van der Waals surface area (Å²) < 4.78 is 4.91. The van der Waals surface area contributed by atoms with E-state index in [4.69, 9.17) is 4.74 Å². The van der Waals surface area contributed by atoms with E-state index in [0.717, 1.165) is 31.4 Å². The van der Waals surface area contributed by atoms with Crippen LogP contribution >= 0.6 is 22.7 Å². The summed E-state index contributed by atoms with van der Waals surface area (Å²) in [4.78, 5) is 41.3. The zero-order valence-corrected chi connectivity index (χ0v) is 20.5. The Balaban J connectivity index is 1.66. The predicted molar refractivity (Wildman–Crippen MR) is 127 cm³/mol. The van der Waals surface area contributed by atoms with Gasteiger partial charge in [-0.3, -0.25) is 4.79 Å². The maximum Gasteiger partial charge on any atom is 0.426 e. The van der Waals surface area contributed by atoms with Gasteiger partial charge in [0.05, 0.1) is 12.3 Å². The Morgan fingerprint density at radius 3 is 2.66 bits per heavy atom. The lowest BCUT2D eigenvalue weighted by molar-refractivity contribution is -0.114. The normalized spacial score (nSPS) is 10.7. The summed E-state index contributed by atoms with van der Waals surface area (Å²) >= 11 is 3.22. The van der Waals surface area contributed by atoms with Crippen molar-refractivity contribution < 1.29 is 19.1 Å². The van der Waals surface area contributed by atoms with Crippen LogP contribution in [0.1, 0.15) is 48.2 Å². The molecule has 4 N–H and O–H groups in total. The summed E-state index contributed by atoms with van der Waals surface area (Å²) in [5.74, 6) is 0.114. The first-order chi connectivity index (χ1) is 15.2. The number of hydrogen-bond acceptors (Lipinski definition) is 7. The Kier molecular flexibility index (Phi) is 10.4. The Morgan fingerprint density at radius 2 is 1.94 bits per heavy atom. The Morgan fingerprint density at radius 1 is 1.16 bits per heavy atom. The average Bonchev–Trinajstić information content (AvgIpc) is 3.31. The number of nitrogens with one attached hydrogen (secondary N) is 4. The number of carbonyl (C=O) groups is 3. The molecule has 0 fully saturated rings. The topological polar surface area (TPSA) is 121 Å². The van der Waals surface area contributed by atoms with Gasteiger partial charge >= 0.3 is 12.1 Å². The van der Waals surface area contributed by atoms with E-state index in [1.165, 1.54) is 33.6 Å². The number of hydrazine groups is 1. The van der Waals surface area contributed by atoms with Gasteiger partial charge in [0.1, 0.15) is 0 Å². The van der Waals surface area contributed by atoms with E-state index < -0.39 is 12.1 Å². The fourth-order valence-electron chi connectivity index (χ4n) is 2.72. The molecule has 11 heteroatoms. The number of aryl methyl sites for hydroxylation is 4. The third-order valence-corrected chi connectivity index (χ3v) is 6.39. The molecule has 2 heterocycles. The highest BCUT2D eigenvalue weighted by Crippen LogP contribution is 2.25. The molecule has 2 aromatic rings. The zero-order chi connectivity index (χ0) is 23.5. The fraction of sp³-hybridized carbons (Fsp3) is 0.524. The van der Waals surface area contributed by atoms with Crippen LogP contribution in [0.25, 0.3) is 0 Å². The van der Waals surface area contributed by atoms with Crippen LogP contribution in [-0.2, 0) is 28.8 Å². The highest BCUT2D eigenvalue weighted by atomic mass is 32.1. The second-order valence-electron chi connectivity index (χ2n) is 7.75. The van der Waals surface area contributed by atoms with Gasteiger partial charge in [-0.2, -0.15) is 0 Å². The first-order valence-corrected chi connectivity index (χ1v) is 12.2. The number of anilines is 1. The van der Waals surface area contributed by atoms with Gasteiger partial charge in [-0.25, -0.2) is 25.4 Å². The Hall–Kier alpha value is -2.66. The van der Waals surface area contributed by atoms with Crippen molar-refractivity contribution in [2.75, 3.05) is 18.5 Å². The molecule has 0 aliphatic carbocycles. The number of amides is 4. The molecule has 0 radical (unpaired) electrons. The van der Waals surface area contributed by atoms with Crippen LogP contribution in [0, 0.1) is 12.8 Å². The van der Waals surface area contributed by atoms with Gasteiger partial charge in [0.15, 0.2) is 5.13 Å². The molecule has 0 atom stereocenters. The van der Waals surface area contributed by atoms with E-state index in [0.29, 0.717) is 18.3 Å². The molecule has 0 aromatic carbocycles.